The van der Waals surface area contributed by atoms with Gasteiger partial charge in [-0.2, -0.15) is 0 Å². The molecule has 5 N–H and O–H groups in total. The molecule has 0 radical (unpaired) electrons. The van der Waals surface area contributed by atoms with Crippen molar-refractivity contribution in [1.29, 1.82) is 0 Å². The van der Waals surface area contributed by atoms with Crippen LogP contribution in [0.25, 0.3) is 0 Å². The predicted molar refractivity (Wildman–Crippen MR) is 168 cm³/mol. The Morgan fingerprint density at radius 1 is 1.14 bits per heavy atom. The minimum absolute atomic E-state index is 0.0216. The van der Waals surface area contributed by atoms with Crippen molar-refractivity contribution in [3.8, 4) is 0 Å². The number of hydrogen-bond donors (Lipinski definition) is 4. The first-order valence-corrected chi connectivity index (χ1v) is 15.1. The Hall–Kier alpha value is -2.89. The van der Waals surface area contributed by atoms with E-state index in [-0.39, 0.29) is 43.8 Å². The second-order valence-corrected chi connectivity index (χ2v) is 14.4. The van der Waals surface area contributed by atoms with E-state index >= 15 is 0 Å². The number of ether oxygens (including phenoxy) is 1. The standard InChI is InChI=1S/C31H50ClN5O6/c1-19(2)20(26(40)34-17-30(6,7)27(33)41)14-24(38)22(35-28(42)43-29(3,4)5)15-36-16-25(39)37(18-31(36,8)9)23-13-11-10-12-21(23)32/h10-13,19-20,22,24,38H,14-18H2,1-9H3,(H2,33,41)(H,34,40)(H,35,42)/t20-,22-,24-/m0/s1. The minimum atomic E-state index is -1.16. The van der Waals surface area contributed by atoms with Crippen molar-refractivity contribution in [2.45, 2.75) is 92.0 Å². The van der Waals surface area contributed by atoms with Gasteiger partial charge in [-0.15, -0.1) is 0 Å². The molecular weight excluding hydrogens is 574 g/mol. The van der Waals surface area contributed by atoms with E-state index in [1.807, 2.05) is 38.7 Å². The lowest BCUT2D eigenvalue weighted by Gasteiger charge is -2.48. The molecule has 1 aliphatic rings. The summed E-state index contributed by atoms with van der Waals surface area (Å²) >= 11 is 6.39. The third kappa shape index (κ3) is 10.4. The number of amides is 4. The topological polar surface area (TPSA) is 154 Å². The molecule has 0 aliphatic carbocycles. The molecule has 242 valence electrons. The van der Waals surface area contributed by atoms with Crippen molar-refractivity contribution in [1.82, 2.24) is 15.5 Å². The number of nitrogens with zero attached hydrogens (tertiary/aromatic N) is 2. The summed E-state index contributed by atoms with van der Waals surface area (Å²) in [4.78, 5) is 54.7. The van der Waals surface area contributed by atoms with Crippen molar-refractivity contribution >= 4 is 41.1 Å². The Balaban J connectivity index is 2.29. The third-order valence-corrected chi connectivity index (χ3v) is 8.08. The Labute approximate surface area is 260 Å². The Kier molecular flexibility index (Phi) is 12.0. The van der Waals surface area contributed by atoms with Crippen molar-refractivity contribution < 1.29 is 29.0 Å². The Morgan fingerprint density at radius 2 is 1.74 bits per heavy atom. The van der Waals surface area contributed by atoms with E-state index in [1.165, 1.54) is 0 Å². The second-order valence-electron chi connectivity index (χ2n) is 14.0. The summed E-state index contributed by atoms with van der Waals surface area (Å²) in [5.41, 5.74) is 3.79. The maximum absolute atomic E-state index is 13.3. The van der Waals surface area contributed by atoms with Crippen LogP contribution in [0.3, 0.4) is 0 Å². The van der Waals surface area contributed by atoms with Gasteiger partial charge in [0, 0.05) is 31.1 Å². The SMILES string of the molecule is CC(C)[C@H](C[C@H](O)[C@H](CN1CC(=O)N(c2ccccc2Cl)CC1(C)C)NC(=O)OC(C)(C)C)C(=O)NCC(C)(C)C(N)=O. The second kappa shape index (κ2) is 14.3. The molecule has 2 rings (SSSR count). The number of aliphatic hydroxyl groups excluding tert-OH is 1. The fourth-order valence-corrected chi connectivity index (χ4v) is 5.07. The van der Waals surface area contributed by atoms with E-state index in [9.17, 15) is 24.3 Å². The third-order valence-electron chi connectivity index (χ3n) is 7.76. The summed E-state index contributed by atoms with van der Waals surface area (Å²) in [6.45, 7) is 16.7. The van der Waals surface area contributed by atoms with Gasteiger partial charge in [-0.3, -0.25) is 19.3 Å². The van der Waals surface area contributed by atoms with Crippen LogP contribution < -0.4 is 21.3 Å². The van der Waals surface area contributed by atoms with E-state index in [4.69, 9.17) is 22.1 Å². The summed E-state index contributed by atoms with van der Waals surface area (Å²) in [7, 11) is 0. The predicted octanol–water partition coefficient (Wildman–Crippen LogP) is 3.31. The number of piperazine rings is 1. The lowest BCUT2D eigenvalue weighted by Crippen LogP contribution is -2.65. The molecule has 0 bridgehead atoms. The number of nitrogens with one attached hydrogen (secondary N) is 2. The quantitative estimate of drug-likeness (QED) is 0.278. The minimum Gasteiger partial charge on any atom is -0.444 e. The Bertz CT molecular complexity index is 1170. The smallest absolute Gasteiger partial charge is 0.408 e. The molecule has 12 heteroatoms. The van der Waals surface area contributed by atoms with Gasteiger partial charge < -0.3 is 31.1 Å². The zero-order valence-electron chi connectivity index (χ0n) is 27.0. The molecule has 11 nitrogen and oxygen atoms in total. The van der Waals surface area contributed by atoms with Crippen LogP contribution in [-0.4, -0.2) is 83.3 Å². The highest BCUT2D eigenvalue weighted by molar-refractivity contribution is 6.33. The molecule has 1 saturated heterocycles. The van der Waals surface area contributed by atoms with Crippen LogP contribution >= 0.6 is 11.6 Å². The number of nitrogens with two attached hydrogens (primary N) is 1. The van der Waals surface area contributed by atoms with E-state index in [2.05, 4.69) is 10.6 Å². The molecule has 0 unspecified atom stereocenters. The number of carbonyl (C=O) groups is 4. The molecular formula is C31H50ClN5O6. The Morgan fingerprint density at radius 3 is 2.28 bits per heavy atom. The summed E-state index contributed by atoms with van der Waals surface area (Å²) in [5, 5.41) is 17.6. The molecule has 1 heterocycles. The van der Waals surface area contributed by atoms with Gasteiger partial charge in [0.25, 0.3) is 0 Å². The van der Waals surface area contributed by atoms with E-state index in [0.29, 0.717) is 17.3 Å². The summed E-state index contributed by atoms with van der Waals surface area (Å²) < 4.78 is 5.47. The molecule has 4 amide bonds. The normalized spacial score (nSPS) is 18.1. The summed E-state index contributed by atoms with van der Waals surface area (Å²) in [6, 6.07) is 6.28. The van der Waals surface area contributed by atoms with Crippen LogP contribution in [0, 0.1) is 17.3 Å². The fraction of sp³-hybridized carbons (Fsp3) is 0.677. The zero-order valence-corrected chi connectivity index (χ0v) is 27.7. The monoisotopic (exact) mass is 623 g/mol. The molecule has 43 heavy (non-hydrogen) atoms. The molecule has 1 aromatic rings. The molecule has 0 spiro atoms. The van der Waals surface area contributed by atoms with Gasteiger partial charge in [-0.1, -0.05) is 37.6 Å². The van der Waals surface area contributed by atoms with E-state index in [1.54, 1.807) is 57.7 Å². The van der Waals surface area contributed by atoms with E-state index in [0.717, 1.165) is 0 Å². The molecule has 0 saturated carbocycles. The average Bonchev–Trinajstić information content (AvgIpc) is 2.86. The van der Waals surface area contributed by atoms with Gasteiger partial charge in [0.15, 0.2) is 0 Å². The van der Waals surface area contributed by atoms with Crippen LogP contribution in [0.1, 0.15) is 68.7 Å². The highest BCUT2D eigenvalue weighted by atomic mass is 35.5. The van der Waals surface area contributed by atoms with Gasteiger partial charge in [0.1, 0.15) is 5.60 Å². The largest absolute Gasteiger partial charge is 0.444 e. The molecule has 1 aliphatic heterocycles. The number of alkyl carbamates (subject to hydrolysis) is 1. The number of para-hydroxylation sites is 1. The number of anilines is 1. The van der Waals surface area contributed by atoms with Crippen molar-refractivity contribution in [2.24, 2.45) is 23.0 Å². The summed E-state index contributed by atoms with van der Waals surface area (Å²) in [5.74, 6) is -1.83. The van der Waals surface area contributed by atoms with E-state index < -0.39 is 46.6 Å². The van der Waals surface area contributed by atoms with Crippen molar-refractivity contribution in [3.05, 3.63) is 29.3 Å². The highest BCUT2D eigenvalue weighted by Gasteiger charge is 2.42. The van der Waals surface area contributed by atoms with Gasteiger partial charge >= 0.3 is 6.09 Å². The maximum atomic E-state index is 13.3. The van der Waals surface area contributed by atoms with Gasteiger partial charge in [0.05, 0.1) is 34.8 Å². The number of benzene rings is 1. The number of aliphatic hydroxyl groups is 1. The first kappa shape index (κ1) is 36.3. The van der Waals surface area contributed by atoms with Crippen LogP contribution in [0.5, 0.6) is 0 Å². The molecule has 3 atom stereocenters. The van der Waals surface area contributed by atoms with Crippen molar-refractivity contribution in [3.63, 3.8) is 0 Å². The lowest BCUT2D eigenvalue weighted by molar-refractivity contribution is -0.130. The zero-order chi connectivity index (χ0) is 32.9. The number of halogens is 1. The van der Waals surface area contributed by atoms with Gasteiger partial charge in [-0.05, 0) is 72.9 Å². The lowest BCUT2D eigenvalue weighted by atomic mass is 9.86. The highest BCUT2D eigenvalue weighted by Crippen LogP contribution is 2.32. The number of hydrogen-bond acceptors (Lipinski definition) is 7. The molecule has 0 aromatic heterocycles. The van der Waals surface area contributed by atoms with Gasteiger partial charge in [0.2, 0.25) is 17.7 Å². The van der Waals surface area contributed by atoms with Crippen LogP contribution in [-0.2, 0) is 19.1 Å². The maximum Gasteiger partial charge on any atom is 0.408 e. The number of rotatable bonds is 12. The number of carbonyl (C=O) groups excluding carboxylic acids is 4. The van der Waals surface area contributed by atoms with Crippen molar-refractivity contribution in [2.75, 3.05) is 31.1 Å². The number of primary amides is 1. The van der Waals surface area contributed by atoms with Crippen LogP contribution in [0.2, 0.25) is 5.02 Å². The fourth-order valence-electron chi connectivity index (χ4n) is 4.83. The first-order valence-electron chi connectivity index (χ1n) is 14.7. The molecule has 1 fully saturated rings. The average molecular weight is 624 g/mol. The molecule has 1 aromatic carbocycles. The first-order chi connectivity index (χ1) is 19.6. The van der Waals surface area contributed by atoms with Gasteiger partial charge in [-0.25, -0.2) is 4.79 Å². The van der Waals surface area contributed by atoms with Crippen LogP contribution in [0.4, 0.5) is 10.5 Å². The van der Waals surface area contributed by atoms with Crippen LogP contribution in [0.15, 0.2) is 24.3 Å². The summed E-state index contributed by atoms with van der Waals surface area (Å²) in [6.07, 6.45) is -1.86.